The smallest absolute Gasteiger partial charge is 0.235 e. The van der Waals surface area contributed by atoms with E-state index in [9.17, 15) is 4.79 Å². The molecule has 0 amide bonds. The zero-order chi connectivity index (χ0) is 9.97. The van der Waals surface area contributed by atoms with Gasteiger partial charge >= 0.3 is 0 Å². The summed E-state index contributed by atoms with van der Waals surface area (Å²) < 4.78 is 1.91. The molecule has 0 bridgehead atoms. The molecule has 0 aliphatic rings. The van der Waals surface area contributed by atoms with Gasteiger partial charge < -0.3 is 4.40 Å². The van der Waals surface area contributed by atoms with E-state index in [0.29, 0.717) is 0 Å². The molecule has 0 N–H and O–H groups in total. The van der Waals surface area contributed by atoms with Gasteiger partial charge in [-0.1, -0.05) is 6.07 Å². The highest BCUT2D eigenvalue weighted by molar-refractivity contribution is 5.41. The fraction of sp³-hybridized carbons (Fsp3) is 0.200. The summed E-state index contributed by atoms with van der Waals surface area (Å²) in [7, 11) is 0. The number of aromatic nitrogens is 2. The molecule has 2 heterocycles. The van der Waals surface area contributed by atoms with Gasteiger partial charge in [-0.2, -0.15) is 4.99 Å². The lowest BCUT2D eigenvalue weighted by molar-refractivity contribution is 0.559. The van der Waals surface area contributed by atoms with Gasteiger partial charge in [0, 0.05) is 6.20 Å². The quantitative estimate of drug-likeness (QED) is 0.531. The number of hydrogen-bond donors (Lipinski definition) is 0. The van der Waals surface area contributed by atoms with E-state index >= 15 is 0 Å². The second-order valence-corrected chi connectivity index (χ2v) is 3.01. The number of pyridine rings is 1. The molecule has 0 spiro atoms. The van der Waals surface area contributed by atoms with Crippen LogP contribution in [-0.4, -0.2) is 15.5 Å². The van der Waals surface area contributed by atoms with Crippen LogP contribution in [-0.2, 0) is 4.79 Å². The Hall–Kier alpha value is -1.93. The van der Waals surface area contributed by atoms with E-state index in [1.54, 1.807) is 12.3 Å². The number of fused-ring (bicyclic) bond motifs is 1. The molecule has 0 saturated heterocycles. The minimum atomic E-state index is -0.204. The van der Waals surface area contributed by atoms with Crippen LogP contribution >= 0.6 is 0 Å². The molecule has 0 radical (unpaired) electrons. The third-order valence-electron chi connectivity index (χ3n) is 2.12. The predicted octanol–water partition coefficient (Wildman–Crippen LogP) is 1.73. The molecule has 1 unspecified atom stereocenters. The first kappa shape index (κ1) is 8.66. The molecule has 2 rings (SSSR count). The van der Waals surface area contributed by atoms with Gasteiger partial charge in [0.2, 0.25) is 6.08 Å². The Bertz CT molecular complexity index is 497. The topological polar surface area (TPSA) is 46.7 Å². The van der Waals surface area contributed by atoms with Gasteiger partial charge in [-0.05, 0) is 19.1 Å². The Morgan fingerprint density at radius 1 is 1.57 bits per heavy atom. The summed E-state index contributed by atoms with van der Waals surface area (Å²) in [6, 6.07) is 5.53. The average Bonchev–Trinajstić information content (AvgIpc) is 2.61. The van der Waals surface area contributed by atoms with Crippen LogP contribution in [0.5, 0.6) is 0 Å². The molecular formula is C10H9N3O. The van der Waals surface area contributed by atoms with Crippen molar-refractivity contribution in [2.24, 2.45) is 4.99 Å². The van der Waals surface area contributed by atoms with Crippen molar-refractivity contribution in [3.05, 3.63) is 36.3 Å². The maximum atomic E-state index is 10.1. The summed E-state index contributed by atoms with van der Waals surface area (Å²) in [5.74, 6) is 0. The Morgan fingerprint density at radius 2 is 2.43 bits per heavy atom. The van der Waals surface area contributed by atoms with Crippen molar-refractivity contribution in [2.45, 2.75) is 13.0 Å². The van der Waals surface area contributed by atoms with E-state index in [-0.39, 0.29) is 6.04 Å². The number of nitrogens with zero attached hydrogens (tertiary/aromatic N) is 3. The summed E-state index contributed by atoms with van der Waals surface area (Å²) in [4.78, 5) is 18.0. The van der Waals surface area contributed by atoms with Crippen molar-refractivity contribution in [1.82, 2.24) is 9.38 Å². The van der Waals surface area contributed by atoms with Crippen LogP contribution in [0.1, 0.15) is 18.7 Å². The predicted molar refractivity (Wildman–Crippen MR) is 51.7 cm³/mol. The fourth-order valence-electron chi connectivity index (χ4n) is 1.41. The summed E-state index contributed by atoms with van der Waals surface area (Å²) in [5.41, 5.74) is 1.75. The molecule has 1 atom stereocenters. The minimum absolute atomic E-state index is 0.204. The molecule has 4 heteroatoms. The van der Waals surface area contributed by atoms with E-state index in [1.807, 2.05) is 35.7 Å². The molecule has 2 aromatic rings. The monoisotopic (exact) mass is 187 g/mol. The normalized spacial score (nSPS) is 12.4. The SMILES string of the molecule is CC(N=C=O)c1cnc2ccccn12. The maximum Gasteiger partial charge on any atom is 0.235 e. The third-order valence-corrected chi connectivity index (χ3v) is 2.12. The summed E-state index contributed by atoms with van der Waals surface area (Å²) in [6.45, 7) is 1.83. The van der Waals surface area contributed by atoms with Crippen LogP contribution in [0.4, 0.5) is 0 Å². The molecular weight excluding hydrogens is 178 g/mol. The van der Waals surface area contributed by atoms with Gasteiger partial charge in [-0.3, -0.25) is 0 Å². The zero-order valence-corrected chi connectivity index (χ0v) is 7.71. The highest BCUT2D eigenvalue weighted by Gasteiger charge is 2.08. The first-order valence-corrected chi connectivity index (χ1v) is 4.32. The highest BCUT2D eigenvalue weighted by Crippen LogP contribution is 2.17. The van der Waals surface area contributed by atoms with Crippen molar-refractivity contribution in [2.75, 3.05) is 0 Å². The largest absolute Gasteiger partial charge is 0.302 e. The molecule has 70 valence electrons. The van der Waals surface area contributed by atoms with E-state index in [2.05, 4.69) is 9.98 Å². The van der Waals surface area contributed by atoms with Crippen LogP contribution in [0.15, 0.2) is 35.6 Å². The fourth-order valence-corrected chi connectivity index (χ4v) is 1.41. The number of carbonyl (C=O) groups excluding carboxylic acids is 1. The van der Waals surface area contributed by atoms with Crippen LogP contribution in [0, 0.1) is 0 Å². The van der Waals surface area contributed by atoms with Gasteiger partial charge in [-0.15, -0.1) is 0 Å². The van der Waals surface area contributed by atoms with Gasteiger partial charge in [0.25, 0.3) is 0 Å². The standard InChI is InChI=1S/C10H9N3O/c1-8(12-7-14)9-6-11-10-4-2-3-5-13(9)10/h2-6,8H,1H3. The third kappa shape index (κ3) is 1.32. The Morgan fingerprint density at radius 3 is 3.21 bits per heavy atom. The molecule has 4 nitrogen and oxygen atoms in total. The summed E-state index contributed by atoms with van der Waals surface area (Å²) in [6.07, 6.45) is 5.17. The van der Waals surface area contributed by atoms with Gasteiger partial charge in [0.15, 0.2) is 0 Å². The molecule has 0 aliphatic carbocycles. The van der Waals surface area contributed by atoms with Crippen molar-refractivity contribution in [3.63, 3.8) is 0 Å². The molecule has 2 aromatic heterocycles. The van der Waals surface area contributed by atoms with E-state index < -0.39 is 0 Å². The lowest BCUT2D eigenvalue weighted by atomic mass is 10.3. The Labute approximate surface area is 80.9 Å². The van der Waals surface area contributed by atoms with Crippen LogP contribution in [0.2, 0.25) is 0 Å². The molecule has 0 fully saturated rings. The zero-order valence-electron chi connectivity index (χ0n) is 7.71. The molecule has 14 heavy (non-hydrogen) atoms. The highest BCUT2D eigenvalue weighted by atomic mass is 16.1. The summed E-state index contributed by atoms with van der Waals surface area (Å²) >= 11 is 0. The number of aliphatic imine (C=N–C) groups is 1. The maximum absolute atomic E-state index is 10.1. The van der Waals surface area contributed by atoms with Gasteiger partial charge in [0.1, 0.15) is 11.7 Å². The molecule has 0 aromatic carbocycles. The van der Waals surface area contributed by atoms with E-state index in [0.717, 1.165) is 11.3 Å². The van der Waals surface area contributed by atoms with Crippen molar-refractivity contribution in [3.8, 4) is 0 Å². The number of rotatable bonds is 2. The van der Waals surface area contributed by atoms with Crippen LogP contribution in [0.25, 0.3) is 5.65 Å². The van der Waals surface area contributed by atoms with Gasteiger partial charge in [0.05, 0.1) is 11.9 Å². The molecule has 0 aliphatic heterocycles. The van der Waals surface area contributed by atoms with Crippen molar-refractivity contribution >= 4 is 11.7 Å². The lowest BCUT2D eigenvalue weighted by Gasteiger charge is -2.02. The van der Waals surface area contributed by atoms with Crippen molar-refractivity contribution < 1.29 is 4.79 Å². The number of imidazole rings is 1. The molecule has 0 saturated carbocycles. The first-order valence-electron chi connectivity index (χ1n) is 4.32. The Kier molecular flexibility index (Phi) is 2.13. The van der Waals surface area contributed by atoms with Crippen LogP contribution in [0.3, 0.4) is 0 Å². The first-order chi connectivity index (χ1) is 6.83. The second-order valence-electron chi connectivity index (χ2n) is 3.01. The van der Waals surface area contributed by atoms with E-state index in [4.69, 9.17) is 0 Å². The Balaban J connectivity index is 2.57. The second kappa shape index (κ2) is 3.44. The van der Waals surface area contributed by atoms with Gasteiger partial charge in [-0.25, -0.2) is 9.78 Å². The minimum Gasteiger partial charge on any atom is -0.302 e. The average molecular weight is 187 g/mol. The number of hydrogen-bond acceptors (Lipinski definition) is 3. The number of isocyanates is 1. The lowest BCUT2D eigenvalue weighted by Crippen LogP contribution is -1.95. The van der Waals surface area contributed by atoms with Crippen molar-refractivity contribution in [1.29, 1.82) is 0 Å². The van der Waals surface area contributed by atoms with Crippen LogP contribution < -0.4 is 0 Å². The van der Waals surface area contributed by atoms with E-state index in [1.165, 1.54) is 0 Å². The summed E-state index contributed by atoms with van der Waals surface area (Å²) in [5, 5.41) is 0.